The molecule has 116 valence electrons. The zero-order valence-electron chi connectivity index (χ0n) is 13.3. The van der Waals surface area contributed by atoms with Gasteiger partial charge >= 0.3 is 0 Å². The second-order valence-electron chi connectivity index (χ2n) is 6.50. The fourth-order valence-corrected chi connectivity index (χ4v) is 3.13. The third-order valence-corrected chi connectivity index (χ3v) is 4.71. The van der Waals surface area contributed by atoms with E-state index in [1.807, 2.05) is 13.8 Å². The van der Waals surface area contributed by atoms with Gasteiger partial charge < -0.3 is 9.42 Å². The van der Waals surface area contributed by atoms with Gasteiger partial charge in [-0.2, -0.15) is 4.98 Å². The molecule has 2 aromatic rings. The molecule has 1 saturated heterocycles. The van der Waals surface area contributed by atoms with Crippen molar-refractivity contribution in [1.82, 2.24) is 20.1 Å². The lowest BCUT2D eigenvalue weighted by molar-refractivity contribution is 0.355. The van der Waals surface area contributed by atoms with E-state index in [4.69, 9.17) is 4.52 Å². The van der Waals surface area contributed by atoms with Gasteiger partial charge in [-0.05, 0) is 40.0 Å². The molecular weight excluding hydrogens is 278 g/mol. The smallest absolute Gasteiger partial charge is 0.231 e. The molecule has 0 aromatic carbocycles. The predicted octanol–water partition coefficient (Wildman–Crippen LogP) is 2.66. The van der Waals surface area contributed by atoms with Gasteiger partial charge in [-0.3, -0.25) is 0 Å². The Morgan fingerprint density at radius 2 is 1.82 bits per heavy atom. The lowest BCUT2D eigenvalue weighted by Gasteiger charge is -2.20. The summed E-state index contributed by atoms with van der Waals surface area (Å²) in [6.07, 6.45) is 3.44. The summed E-state index contributed by atoms with van der Waals surface area (Å²) in [4.78, 5) is 16.0. The van der Waals surface area contributed by atoms with Crippen molar-refractivity contribution in [3.8, 4) is 0 Å². The molecule has 2 aromatic heterocycles. The molecule has 0 N–H and O–H groups in total. The largest absolute Gasteiger partial charge is 0.355 e. The standard InChI is InChI=1S/C16H21N5O/c1-9-10(2)17-11(3)18-15(9)21-7-6-13(8-21)16-19-14(20-22-16)12-4-5-12/h12-13H,4-8H2,1-3H3. The predicted molar refractivity (Wildman–Crippen MR) is 82.1 cm³/mol. The number of hydrogen-bond acceptors (Lipinski definition) is 6. The van der Waals surface area contributed by atoms with Crippen molar-refractivity contribution in [2.24, 2.45) is 0 Å². The Kier molecular flexibility index (Phi) is 3.13. The van der Waals surface area contributed by atoms with Crippen molar-refractivity contribution in [1.29, 1.82) is 0 Å². The van der Waals surface area contributed by atoms with Crippen LogP contribution in [0.2, 0.25) is 0 Å². The first-order chi connectivity index (χ1) is 10.6. The molecule has 1 aliphatic heterocycles. The molecule has 0 bridgehead atoms. The molecule has 2 fully saturated rings. The SMILES string of the molecule is Cc1nc(C)c(C)c(N2CCC(c3nc(C4CC4)no3)C2)n1. The first-order valence-electron chi connectivity index (χ1n) is 8.02. The van der Waals surface area contributed by atoms with Crippen LogP contribution in [0.25, 0.3) is 0 Å². The maximum atomic E-state index is 5.49. The molecule has 4 rings (SSSR count). The van der Waals surface area contributed by atoms with E-state index in [0.29, 0.717) is 11.8 Å². The molecule has 22 heavy (non-hydrogen) atoms. The Morgan fingerprint density at radius 1 is 1.00 bits per heavy atom. The van der Waals surface area contributed by atoms with Crippen LogP contribution in [0.15, 0.2) is 4.52 Å². The van der Waals surface area contributed by atoms with Gasteiger partial charge in [0, 0.05) is 30.3 Å². The lowest BCUT2D eigenvalue weighted by atomic mass is 10.1. The number of nitrogens with zero attached hydrogens (tertiary/aromatic N) is 5. The number of rotatable bonds is 3. The Bertz CT molecular complexity index is 707. The molecule has 6 heteroatoms. The van der Waals surface area contributed by atoms with Crippen molar-refractivity contribution in [2.45, 2.75) is 51.9 Å². The minimum absolute atomic E-state index is 0.315. The van der Waals surface area contributed by atoms with Gasteiger partial charge in [-0.25, -0.2) is 9.97 Å². The van der Waals surface area contributed by atoms with Crippen molar-refractivity contribution in [3.05, 3.63) is 28.8 Å². The normalized spacial score (nSPS) is 21.6. The van der Waals surface area contributed by atoms with Crippen molar-refractivity contribution in [3.63, 3.8) is 0 Å². The summed E-state index contributed by atoms with van der Waals surface area (Å²) in [7, 11) is 0. The Labute approximate surface area is 130 Å². The van der Waals surface area contributed by atoms with Crippen molar-refractivity contribution >= 4 is 5.82 Å². The number of aryl methyl sites for hydroxylation is 2. The monoisotopic (exact) mass is 299 g/mol. The summed E-state index contributed by atoms with van der Waals surface area (Å²) < 4.78 is 5.49. The minimum Gasteiger partial charge on any atom is -0.355 e. The van der Waals surface area contributed by atoms with E-state index in [1.165, 1.54) is 12.8 Å². The third-order valence-electron chi connectivity index (χ3n) is 4.71. The Hall–Kier alpha value is -1.98. The molecule has 3 heterocycles. The van der Waals surface area contributed by atoms with Crippen LogP contribution in [-0.2, 0) is 0 Å². The quantitative estimate of drug-likeness (QED) is 0.868. The van der Waals surface area contributed by atoms with E-state index in [0.717, 1.165) is 54.1 Å². The fraction of sp³-hybridized carbons (Fsp3) is 0.625. The second kappa shape index (κ2) is 5.04. The summed E-state index contributed by atoms with van der Waals surface area (Å²) in [5, 5.41) is 4.14. The van der Waals surface area contributed by atoms with Crippen molar-refractivity contribution < 1.29 is 4.52 Å². The molecule has 6 nitrogen and oxygen atoms in total. The maximum absolute atomic E-state index is 5.49. The molecule has 1 atom stereocenters. The van der Waals surface area contributed by atoms with Crippen LogP contribution in [0.1, 0.15) is 59.9 Å². The van der Waals surface area contributed by atoms with Crippen molar-refractivity contribution in [2.75, 3.05) is 18.0 Å². The zero-order chi connectivity index (χ0) is 15.3. The van der Waals surface area contributed by atoms with Crippen LogP contribution in [0, 0.1) is 20.8 Å². The van der Waals surface area contributed by atoms with E-state index in [9.17, 15) is 0 Å². The van der Waals surface area contributed by atoms with Gasteiger partial charge in [0.1, 0.15) is 11.6 Å². The van der Waals surface area contributed by atoms with Gasteiger partial charge in [-0.15, -0.1) is 0 Å². The zero-order valence-corrected chi connectivity index (χ0v) is 13.3. The Balaban J connectivity index is 1.54. The minimum atomic E-state index is 0.315. The summed E-state index contributed by atoms with van der Waals surface area (Å²) >= 11 is 0. The summed E-state index contributed by atoms with van der Waals surface area (Å²) in [5.74, 6) is 4.44. The van der Waals surface area contributed by atoms with E-state index >= 15 is 0 Å². The number of aromatic nitrogens is 4. The van der Waals surface area contributed by atoms with Crippen LogP contribution in [-0.4, -0.2) is 33.2 Å². The van der Waals surface area contributed by atoms with E-state index in [2.05, 4.69) is 31.9 Å². The highest BCUT2D eigenvalue weighted by molar-refractivity contribution is 5.49. The summed E-state index contributed by atoms with van der Waals surface area (Å²) in [5.41, 5.74) is 2.22. The molecular formula is C16H21N5O. The topological polar surface area (TPSA) is 67.9 Å². The fourth-order valence-electron chi connectivity index (χ4n) is 3.13. The second-order valence-corrected chi connectivity index (χ2v) is 6.50. The van der Waals surface area contributed by atoms with Gasteiger partial charge in [0.2, 0.25) is 5.89 Å². The number of hydrogen-bond donors (Lipinski definition) is 0. The average molecular weight is 299 g/mol. The van der Waals surface area contributed by atoms with Gasteiger partial charge in [-0.1, -0.05) is 5.16 Å². The average Bonchev–Trinajstić information content (AvgIpc) is 3.02. The van der Waals surface area contributed by atoms with Gasteiger partial charge in [0.15, 0.2) is 5.82 Å². The molecule has 0 amide bonds. The van der Waals surface area contributed by atoms with Crippen LogP contribution in [0.4, 0.5) is 5.82 Å². The maximum Gasteiger partial charge on any atom is 0.231 e. The first kappa shape index (κ1) is 13.7. The van der Waals surface area contributed by atoms with Crippen LogP contribution in [0.5, 0.6) is 0 Å². The van der Waals surface area contributed by atoms with Crippen LogP contribution < -0.4 is 4.90 Å². The van der Waals surface area contributed by atoms with E-state index in [-0.39, 0.29) is 0 Å². The highest BCUT2D eigenvalue weighted by Gasteiger charge is 2.33. The van der Waals surface area contributed by atoms with Crippen LogP contribution in [0.3, 0.4) is 0 Å². The van der Waals surface area contributed by atoms with Gasteiger partial charge in [0.05, 0.1) is 5.92 Å². The third kappa shape index (κ3) is 2.36. The van der Waals surface area contributed by atoms with Gasteiger partial charge in [0.25, 0.3) is 0 Å². The van der Waals surface area contributed by atoms with Crippen LogP contribution >= 0.6 is 0 Å². The molecule has 0 radical (unpaired) electrons. The molecule has 1 saturated carbocycles. The number of anilines is 1. The lowest BCUT2D eigenvalue weighted by Crippen LogP contribution is -2.22. The summed E-state index contributed by atoms with van der Waals surface area (Å²) in [6.45, 7) is 7.95. The Morgan fingerprint density at radius 3 is 2.59 bits per heavy atom. The van der Waals surface area contributed by atoms with E-state index in [1.54, 1.807) is 0 Å². The highest BCUT2D eigenvalue weighted by Crippen LogP contribution is 2.39. The summed E-state index contributed by atoms with van der Waals surface area (Å²) in [6, 6.07) is 0. The molecule has 0 spiro atoms. The molecule has 1 aliphatic carbocycles. The van der Waals surface area contributed by atoms with E-state index < -0.39 is 0 Å². The highest BCUT2D eigenvalue weighted by atomic mass is 16.5. The first-order valence-corrected chi connectivity index (χ1v) is 8.02. The molecule has 2 aliphatic rings. The molecule has 1 unspecified atom stereocenters.